The number of likely N-dealkylation sites (N-methyl/N-ethyl adjacent to an activating group) is 3. The van der Waals surface area contributed by atoms with Crippen LogP contribution >= 0.6 is 34.0 Å². The molecule has 0 bridgehead atoms. The first-order valence-corrected chi connectivity index (χ1v) is 33.4. The molecule has 0 amide bonds. The molecule has 3 saturated heterocycles. The number of fused-ring (bicyclic) bond motifs is 3. The van der Waals surface area contributed by atoms with E-state index in [0.29, 0.717) is 45.7 Å². The minimum Gasteiger partial charge on any atom is -0.412 e. The fraction of sp³-hybridized carbons (Fsp3) is 0.333. The monoisotopic (exact) mass is 1320 g/mol. The first-order chi connectivity index (χ1) is 39.1. The van der Waals surface area contributed by atoms with Crippen LogP contribution in [-0.4, -0.2) is 131 Å². The smallest absolute Gasteiger partial charge is 0.199 e. The van der Waals surface area contributed by atoms with E-state index in [1.165, 1.54) is 96.4 Å². The second-order valence-electron chi connectivity index (χ2n) is 22.4. The van der Waals surface area contributed by atoms with Crippen molar-refractivity contribution in [3.63, 3.8) is 0 Å². The van der Waals surface area contributed by atoms with Gasteiger partial charge in [0.2, 0.25) is 0 Å². The molecule has 18 heteroatoms. The van der Waals surface area contributed by atoms with E-state index >= 15 is 0 Å². The van der Waals surface area contributed by atoms with Crippen molar-refractivity contribution in [3.05, 3.63) is 203 Å². The summed E-state index contributed by atoms with van der Waals surface area (Å²) in [7, 11) is -3.34. The summed E-state index contributed by atoms with van der Waals surface area (Å²) in [6.45, 7) is 3.52. The van der Waals surface area contributed by atoms with Gasteiger partial charge in [-0.25, -0.2) is 25.3 Å². The highest BCUT2D eigenvalue weighted by Gasteiger charge is 2.25. The van der Waals surface area contributed by atoms with Crippen molar-refractivity contribution in [1.82, 2.24) is 29.7 Å². The number of H-pyrrole nitrogens is 3. The van der Waals surface area contributed by atoms with Crippen molar-refractivity contribution < 1.29 is 30.7 Å². The van der Waals surface area contributed by atoms with Crippen LogP contribution in [0.5, 0.6) is 0 Å². The maximum atomic E-state index is 12.5. The Balaban J connectivity index is 0.000000178. The fourth-order valence-electron chi connectivity index (χ4n) is 11.9. The van der Waals surface area contributed by atoms with Crippen molar-refractivity contribution in [2.45, 2.75) is 103 Å². The number of hydrogen-bond acceptors (Lipinski definition) is 9. The summed E-state index contributed by atoms with van der Waals surface area (Å²) in [6, 6.07) is 46.3. The molecule has 84 heavy (non-hydrogen) atoms. The molecule has 0 unspecified atom stereocenters. The molecule has 0 aliphatic carbocycles. The molecule has 3 fully saturated rings. The van der Waals surface area contributed by atoms with E-state index in [0.717, 1.165) is 52.5 Å². The molecule has 3 atom stereocenters. The van der Waals surface area contributed by atoms with E-state index in [4.69, 9.17) is 0 Å². The summed E-state index contributed by atoms with van der Waals surface area (Å²) in [5.74, 6) is 0.265. The lowest BCUT2D eigenvalue weighted by atomic mass is 10.0. The summed E-state index contributed by atoms with van der Waals surface area (Å²) in [5.41, 5.74) is 10.3. The number of rotatable bonds is 17. The Hall–Kier alpha value is -5.67. The maximum absolute atomic E-state index is 12.5. The number of aromatic amines is 3. The van der Waals surface area contributed by atoms with Crippen LogP contribution in [0.4, 0.5) is 0 Å². The van der Waals surface area contributed by atoms with Crippen molar-refractivity contribution in [2.75, 3.05) is 52.3 Å². The molecule has 0 spiro atoms. The number of nitrogens with zero attached hydrogens (tertiary/aromatic N) is 3. The van der Waals surface area contributed by atoms with E-state index < -0.39 is 29.5 Å². The second kappa shape index (κ2) is 29.6. The predicted octanol–water partition coefficient (Wildman–Crippen LogP) is 12.2. The average Bonchev–Trinajstić information content (AvgIpc) is 3.93. The Morgan fingerprint density at radius 3 is 1.15 bits per heavy atom. The Bertz CT molecular complexity index is 3780. The number of likely N-dealkylation sites (tertiary alicyclic amines) is 3. The molecule has 0 saturated carbocycles. The third kappa shape index (κ3) is 16.4. The van der Waals surface area contributed by atoms with Gasteiger partial charge < -0.3 is 35.1 Å². The molecule has 3 aliphatic heterocycles. The lowest BCUT2D eigenvalue weighted by Gasteiger charge is -2.18. The predicted molar refractivity (Wildman–Crippen MR) is 354 cm³/mol. The zero-order valence-electron chi connectivity index (χ0n) is 48.1. The van der Waals surface area contributed by atoms with Crippen LogP contribution < -0.4 is 0 Å². The van der Waals surface area contributed by atoms with Gasteiger partial charge in [-0.1, -0.05) is 72.8 Å². The molecule has 13 nitrogen and oxygen atoms in total. The van der Waals surface area contributed by atoms with Gasteiger partial charge in [0.15, 0.2) is 29.5 Å². The van der Waals surface area contributed by atoms with Gasteiger partial charge in [-0.15, -0.1) is 34.0 Å². The first kappa shape index (κ1) is 65.9. The zero-order chi connectivity index (χ0) is 56.6. The summed E-state index contributed by atoms with van der Waals surface area (Å²) in [6.07, 6.45) is 19.7. The Morgan fingerprint density at radius 1 is 0.452 bits per heavy atom. The third-order valence-corrected chi connectivity index (χ3v) is 21.8. The van der Waals surface area contributed by atoms with Gasteiger partial charge in [-0.3, -0.25) is 0 Å². The number of halogens is 2. The van der Waals surface area contributed by atoms with E-state index in [-0.39, 0.29) is 50.9 Å². The number of hydrogen-bond donors (Lipinski definition) is 3. The highest BCUT2D eigenvalue weighted by Crippen LogP contribution is 2.30. The van der Waals surface area contributed by atoms with Crippen LogP contribution in [0.25, 0.3) is 38.8 Å². The highest BCUT2D eigenvalue weighted by atomic mass is 79.9. The molecular formula is C66H80Br2N6O7S3. The van der Waals surface area contributed by atoms with E-state index in [2.05, 4.69) is 99.7 Å². The standard InChI is InChI=1S/2C22H26N2O2S.C22H24N2O2S.2BrH.H2O/c3*1-24-12-5-6-19(24)15-18-16-23-22-10-9-17(14-21(18)22)11-13-27(25,26)20-7-3-2-4-8-20;;;/h2*2-4,7-10,14,16,19,23H,5-6,11-13,15H2,1H3;2-4,7-11,13-14,16,19,23H,5-6,12,15H2,1H3;2*1H;1H2/b;;13-11+;;;/t3*19-;;;/m111.../s1. The van der Waals surface area contributed by atoms with Gasteiger partial charge >= 0.3 is 0 Å². The molecule has 448 valence electrons. The highest BCUT2D eigenvalue weighted by molar-refractivity contribution is 8.93. The van der Waals surface area contributed by atoms with E-state index in [9.17, 15) is 25.3 Å². The Kier molecular flexibility index (Phi) is 23.2. The van der Waals surface area contributed by atoms with Gasteiger partial charge in [0.1, 0.15) is 0 Å². The van der Waals surface area contributed by atoms with E-state index in [1.54, 1.807) is 78.9 Å². The third-order valence-electron chi connectivity index (χ3n) is 16.9. The largest absolute Gasteiger partial charge is 0.412 e. The Morgan fingerprint density at radius 2 is 0.798 bits per heavy atom. The molecule has 5 N–H and O–H groups in total. The second-order valence-corrected chi connectivity index (χ2v) is 28.4. The quantitative estimate of drug-likeness (QED) is 0.0796. The molecular weight excluding hydrogens is 1240 g/mol. The molecule has 6 aromatic carbocycles. The lowest BCUT2D eigenvalue weighted by molar-refractivity contribution is 0.310. The summed E-state index contributed by atoms with van der Waals surface area (Å²) in [4.78, 5) is 18.5. The van der Waals surface area contributed by atoms with E-state index in [1.807, 2.05) is 42.5 Å². The van der Waals surface area contributed by atoms with Crippen molar-refractivity contribution >= 4 is 102 Å². The number of aryl methyl sites for hydroxylation is 2. The van der Waals surface area contributed by atoms with Crippen LogP contribution in [0.3, 0.4) is 0 Å². The van der Waals surface area contributed by atoms with Gasteiger partial charge in [0.05, 0.1) is 26.2 Å². The number of nitrogens with one attached hydrogen (secondary N) is 3. The lowest BCUT2D eigenvalue weighted by Crippen LogP contribution is -2.26. The summed E-state index contributed by atoms with van der Waals surface area (Å²) in [5, 5.41) is 4.92. The topological polar surface area (TPSA) is 191 Å². The van der Waals surface area contributed by atoms with Crippen LogP contribution in [0.15, 0.2) is 184 Å². The SMILES string of the molecule is Br.Br.CN1CCC[C@@H]1Cc1c[nH]c2ccc(/C=C/S(=O)(=O)c3ccccc3)cc12.CN1CCC[C@@H]1Cc1c[nH]c2ccc(CCS(=O)(=O)c3ccccc3)cc12.CN1CCC[C@@H]1Cc1c[nH]c2ccc(CCS(=O)(=O)c3ccccc3)cc12.O. The van der Waals surface area contributed by atoms with Crippen molar-refractivity contribution in [2.24, 2.45) is 0 Å². The molecule has 9 aromatic rings. The summed E-state index contributed by atoms with van der Waals surface area (Å²) >= 11 is 0. The zero-order valence-corrected chi connectivity index (χ0v) is 54.0. The van der Waals surface area contributed by atoms with Gasteiger partial charge in [0.25, 0.3) is 0 Å². The van der Waals surface area contributed by atoms with Crippen LogP contribution in [0.2, 0.25) is 0 Å². The summed E-state index contributed by atoms with van der Waals surface area (Å²) < 4.78 is 75.1. The molecule has 3 aromatic heterocycles. The first-order valence-electron chi connectivity index (χ1n) is 28.5. The minimum atomic E-state index is -3.43. The molecule has 0 radical (unpaired) electrons. The average molecular weight is 1330 g/mol. The number of aromatic nitrogens is 3. The maximum Gasteiger partial charge on any atom is 0.199 e. The molecule has 6 heterocycles. The van der Waals surface area contributed by atoms with Crippen LogP contribution in [0, 0.1) is 0 Å². The van der Waals surface area contributed by atoms with Crippen molar-refractivity contribution in [3.8, 4) is 0 Å². The van der Waals surface area contributed by atoms with Crippen LogP contribution in [0.1, 0.15) is 71.9 Å². The van der Waals surface area contributed by atoms with Crippen LogP contribution in [-0.2, 0) is 61.6 Å². The van der Waals surface area contributed by atoms with Gasteiger partial charge in [0, 0.05) is 74.8 Å². The van der Waals surface area contributed by atoms with Crippen molar-refractivity contribution in [1.29, 1.82) is 0 Å². The van der Waals surface area contributed by atoms with Gasteiger partial charge in [-0.05, 0) is 224 Å². The van der Waals surface area contributed by atoms with Gasteiger partial charge in [-0.2, -0.15) is 0 Å². The normalized spacial score (nSPS) is 17.8. The molecule has 12 rings (SSSR count). The fourth-order valence-corrected chi connectivity index (χ4v) is 15.5. The Labute approximate surface area is 517 Å². The number of sulfone groups is 3. The minimum absolute atomic E-state index is 0. The molecule has 3 aliphatic rings. The number of benzene rings is 6.